The summed E-state index contributed by atoms with van der Waals surface area (Å²) in [6, 6.07) is 18.8. The molecular formula is C20H16ClNO3S. The van der Waals surface area contributed by atoms with Crippen LogP contribution < -0.4 is 9.46 Å². The van der Waals surface area contributed by atoms with E-state index in [-0.39, 0.29) is 4.90 Å². The molecule has 0 saturated carbocycles. The highest BCUT2D eigenvalue weighted by Crippen LogP contribution is 2.46. The highest BCUT2D eigenvalue weighted by atomic mass is 35.5. The molecule has 132 valence electrons. The first kappa shape index (κ1) is 17.1. The Morgan fingerprint density at radius 2 is 1.62 bits per heavy atom. The van der Waals surface area contributed by atoms with Crippen LogP contribution in [-0.2, 0) is 10.0 Å². The first-order chi connectivity index (χ1) is 12.5. The molecule has 0 fully saturated rings. The van der Waals surface area contributed by atoms with Gasteiger partial charge in [-0.05, 0) is 31.2 Å². The van der Waals surface area contributed by atoms with Crippen molar-refractivity contribution in [2.24, 2.45) is 0 Å². The average molecular weight is 386 g/mol. The maximum Gasteiger partial charge on any atom is 0.241 e. The summed E-state index contributed by atoms with van der Waals surface area (Å²) in [5.41, 5.74) is 2.43. The zero-order valence-corrected chi connectivity index (χ0v) is 15.5. The lowest BCUT2D eigenvalue weighted by Crippen LogP contribution is -2.31. The van der Waals surface area contributed by atoms with Gasteiger partial charge >= 0.3 is 0 Å². The predicted molar refractivity (Wildman–Crippen MR) is 101 cm³/mol. The second-order valence-electron chi connectivity index (χ2n) is 6.17. The van der Waals surface area contributed by atoms with Crippen LogP contribution in [0.5, 0.6) is 11.5 Å². The molecule has 1 aliphatic heterocycles. The molecule has 1 aliphatic rings. The van der Waals surface area contributed by atoms with E-state index in [2.05, 4.69) is 4.72 Å². The Labute approximate surface area is 157 Å². The molecule has 1 atom stereocenters. The lowest BCUT2D eigenvalue weighted by molar-refractivity contribution is 0.440. The quantitative estimate of drug-likeness (QED) is 0.703. The van der Waals surface area contributed by atoms with Crippen LogP contribution in [0.1, 0.15) is 22.7 Å². The number of hydrogen-bond acceptors (Lipinski definition) is 3. The first-order valence-electron chi connectivity index (χ1n) is 8.10. The molecule has 1 heterocycles. The van der Waals surface area contributed by atoms with Gasteiger partial charge in [0.2, 0.25) is 10.0 Å². The van der Waals surface area contributed by atoms with Crippen LogP contribution >= 0.6 is 11.6 Å². The van der Waals surface area contributed by atoms with Crippen molar-refractivity contribution in [3.8, 4) is 11.5 Å². The van der Waals surface area contributed by atoms with Gasteiger partial charge in [0.25, 0.3) is 0 Å². The summed E-state index contributed by atoms with van der Waals surface area (Å²) in [5, 5.41) is 0.441. The minimum absolute atomic E-state index is 0.218. The van der Waals surface area contributed by atoms with E-state index in [4.69, 9.17) is 16.3 Å². The number of sulfonamides is 1. The maximum atomic E-state index is 12.9. The Hall–Kier alpha value is -2.34. The number of rotatable bonds is 3. The van der Waals surface area contributed by atoms with Gasteiger partial charge in [0, 0.05) is 11.1 Å². The molecule has 1 unspecified atom stereocenters. The molecule has 3 aromatic carbocycles. The molecule has 1 N–H and O–H groups in total. The second kappa shape index (κ2) is 6.43. The van der Waals surface area contributed by atoms with Crippen LogP contribution in [0.15, 0.2) is 71.6 Å². The van der Waals surface area contributed by atoms with Crippen molar-refractivity contribution in [1.29, 1.82) is 0 Å². The number of aryl methyl sites for hydroxylation is 1. The average Bonchev–Trinajstić information content (AvgIpc) is 2.63. The Morgan fingerprint density at radius 1 is 0.923 bits per heavy atom. The zero-order chi connectivity index (χ0) is 18.3. The van der Waals surface area contributed by atoms with E-state index < -0.39 is 16.1 Å². The molecule has 6 heteroatoms. The van der Waals surface area contributed by atoms with Crippen LogP contribution in [0.25, 0.3) is 0 Å². The second-order valence-corrected chi connectivity index (χ2v) is 8.29. The Kier molecular flexibility index (Phi) is 4.23. The molecule has 0 spiro atoms. The van der Waals surface area contributed by atoms with Gasteiger partial charge in [0.1, 0.15) is 5.75 Å². The van der Waals surface area contributed by atoms with E-state index >= 15 is 0 Å². The largest absolute Gasteiger partial charge is 0.455 e. The third kappa shape index (κ3) is 2.98. The predicted octanol–water partition coefficient (Wildman–Crippen LogP) is 4.82. The Bertz CT molecular complexity index is 1080. The van der Waals surface area contributed by atoms with Gasteiger partial charge in [0.15, 0.2) is 5.75 Å². The van der Waals surface area contributed by atoms with Crippen LogP contribution in [0.4, 0.5) is 0 Å². The molecular weight excluding hydrogens is 370 g/mol. The van der Waals surface area contributed by atoms with E-state index in [1.54, 1.807) is 42.5 Å². The highest BCUT2D eigenvalue weighted by molar-refractivity contribution is 7.89. The highest BCUT2D eigenvalue weighted by Gasteiger charge is 2.32. The van der Waals surface area contributed by atoms with E-state index in [1.165, 1.54) is 0 Å². The van der Waals surface area contributed by atoms with Gasteiger partial charge in [-0.25, -0.2) is 8.42 Å². The minimum atomic E-state index is -3.72. The van der Waals surface area contributed by atoms with Crippen molar-refractivity contribution in [3.63, 3.8) is 0 Å². The fourth-order valence-electron chi connectivity index (χ4n) is 3.02. The van der Waals surface area contributed by atoms with Crippen molar-refractivity contribution in [1.82, 2.24) is 4.72 Å². The molecule has 3 aromatic rings. The topological polar surface area (TPSA) is 55.4 Å². The van der Waals surface area contributed by atoms with Gasteiger partial charge in [0.05, 0.1) is 16.0 Å². The molecule has 4 rings (SSSR count). The van der Waals surface area contributed by atoms with Crippen LogP contribution in [0, 0.1) is 6.92 Å². The monoisotopic (exact) mass is 385 g/mol. The summed E-state index contributed by atoms with van der Waals surface area (Å²) in [5.74, 6) is 1.06. The van der Waals surface area contributed by atoms with Crippen molar-refractivity contribution in [2.75, 3.05) is 0 Å². The minimum Gasteiger partial charge on any atom is -0.455 e. The lowest BCUT2D eigenvalue weighted by Gasteiger charge is -2.29. The van der Waals surface area contributed by atoms with Crippen molar-refractivity contribution >= 4 is 21.6 Å². The molecule has 26 heavy (non-hydrogen) atoms. The third-order valence-electron chi connectivity index (χ3n) is 4.35. The lowest BCUT2D eigenvalue weighted by atomic mass is 9.95. The Morgan fingerprint density at radius 3 is 2.38 bits per heavy atom. The molecule has 0 radical (unpaired) electrons. The molecule has 0 aromatic heterocycles. The fraction of sp³-hybridized carbons (Fsp3) is 0.100. The molecule has 0 saturated heterocycles. The summed E-state index contributed by atoms with van der Waals surface area (Å²) in [4.78, 5) is 0.218. The number of nitrogens with one attached hydrogen (secondary N) is 1. The number of hydrogen-bond donors (Lipinski definition) is 1. The zero-order valence-electron chi connectivity index (χ0n) is 13.9. The van der Waals surface area contributed by atoms with Crippen molar-refractivity contribution < 1.29 is 13.2 Å². The van der Waals surface area contributed by atoms with Gasteiger partial charge in [-0.15, -0.1) is 0 Å². The summed E-state index contributed by atoms with van der Waals surface area (Å²) in [6.45, 7) is 1.91. The van der Waals surface area contributed by atoms with Crippen LogP contribution in [0.2, 0.25) is 5.02 Å². The van der Waals surface area contributed by atoms with Crippen LogP contribution in [-0.4, -0.2) is 8.42 Å². The Balaban J connectivity index is 1.81. The van der Waals surface area contributed by atoms with Crippen LogP contribution in [0.3, 0.4) is 0 Å². The van der Waals surface area contributed by atoms with Gasteiger partial charge < -0.3 is 4.74 Å². The molecule has 0 amide bonds. The third-order valence-corrected chi connectivity index (χ3v) is 6.09. The van der Waals surface area contributed by atoms with Gasteiger partial charge in [-0.2, -0.15) is 4.72 Å². The number of ether oxygens (including phenoxy) is 1. The summed E-state index contributed by atoms with van der Waals surface area (Å²) in [6.07, 6.45) is 0. The molecule has 0 aliphatic carbocycles. The SMILES string of the molecule is Cc1ccc(S(=O)(=O)NC2c3ccccc3Oc3c(Cl)cccc32)cc1. The molecule has 0 bridgehead atoms. The number of benzene rings is 3. The van der Waals surface area contributed by atoms with Gasteiger partial charge in [-0.1, -0.05) is 59.6 Å². The first-order valence-corrected chi connectivity index (χ1v) is 9.96. The summed E-state index contributed by atoms with van der Waals surface area (Å²) >= 11 is 6.28. The maximum absolute atomic E-state index is 12.9. The molecule has 4 nitrogen and oxygen atoms in total. The fourth-order valence-corrected chi connectivity index (χ4v) is 4.43. The standard InChI is InChI=1S/C20H16ClNO3S/c1-13-9-11-14(12-10-13)26(23,24)22-19-15-5-2-3-8-18(15)25-20-16(19)6-4-7-17(20)21/h2-12,19,22H,1H3. The number of para-hydroxylation sites is 2. The van der Waals surface area contributed by atoms with Gasteiger partial charge in [-0.3, -0.25) is 0 Å². The van der Waals surface area contributed by atoms with E-state index in [9.17, 15) is 8.42 Å². The smallest absolute Gasteiger partial charge is 0.241 e. The van der Waals surface area contributed by atoms with Crippen molar-refractivity contribution in [3.05, 3.63) is 88.4 Å². The number of fused-ring (bicyclic) bond motifs is 2. The summed E-state index contributed by atoms with van der Waals surface area (Å²) < 4.78 is 34.6. The van der Waals surface area contributed by atoms with E-state index in [0.29, 0.717) is 22.1 Å². The summed E-state index contributed by atoms with van der Waals surface area (Å²) in [7, 11) is -3.72. The van der Waals surface area contributed by atoms with E-state index in [1.807, 2.05) is 31.2 Å². The normalized spacial score (nSPS) is 15.7. The number of halogens is 1. The van der Waals surface area contributed by atoms with Crippen molar-refractivity contribution in [2.45, 2.75) is 17.9 Å². The van der Waals surface area contributed by atoms with E-state index in [0.717, 1.165) is 11.1 Å².